The van der Waals surface area contributed by atoms with Gasteiger partial charge in [-0.3, -0.25) is 4.79 Å². The Morgan fingerprint density at radius 1 is 1.05 bits per heavy atom. The molecule has 2 aromatic rings. The number of carbonyl (C=O) groups excluding carboxylic acids is 1. The maximum absolute atomic E-state index is 12.0. The van der Waals surface area contributed by atoms with Gasteiger partial charge in [-0.15, -0.1) is 0 Å². The quantitative estimate of drug-likeness (QED) is 0.786. The zero-order valence-corrected chi connectivity index (χ0v) is 11.5. The fourth-order valence-electron chi connectivity index (χ4n) is 1.81. The molecule has 1 amide bonds. The Balaban J connectivity index is 1.94. The van der Waals surface area contributed by atoms with E-state index in [1.54, 1.807) is 0 Å². The van der Waals surface area contributed by atoms with E-state index in [0.717, 1.165) is 16.1 Å². The van der Waals surface area contributed by atoms with Gasteiger partial charge >= 0.3 is 0 Å². The van der Waals surface area contributed by atoms with E-state index >= 15 is 0 Å². The maximum atomic E-state index is 12.0. The normalized spacial score (nSPS) is 16.1. The molecule has 0 spiro atoms. The number of rotatable bonds is 1. The second kappa shape index (κ2) is 5.11. The van der Waals surface area contributed by atoms with Crippen molar-refractivity contribution < 1.29 is 4.79 Å². The van der Waals surface area contributed by atoms with E-state index in [2.05, 4.69) is 5.32 Å². The van der Waals surface area contributed by atoms with Crippen molar-refractivity contribution in [3.8, 4) is 0 Å². The van der Waals surface area contributed by atoms with Gasteiger partial charge in [0.25, 0.3) is 5.91 Å². The molecule has 0 saturated heterocycles. The summed E-state index contributed by atoms with van der Waals surface area (Å²) in [6.07, 6.45) is 1.87. The molecule has 0 radical (unpaired) electrons. The molecule has 19 heavy (non-hydrogen) atoms. The Bertz CT molecular complexity index is 664. The van der Waals surface area contributed by atoms with Crippen molar-refractivity contribution in [1.29, 1.82) is 0 Å². The van der Waals surface area contributed by atoms with Crippen molar-refractivity contribution in [1.82, 2.24) is 0 Å². The van der Waals surface area contributed by atoms with Crippen molar-refractivity contribution in [2.75, 3.05) is 5.32 Å². The number of fused-ring (bicyclic) bond motifs is 1. The summed E-state index contributed by atoms with van der Waals surface area (Å²) >= 11 is 7.33. The second-order valence-electron chi connectivity index (χ2n) is 4.11. The number of hydrogen-bond donors (Lipinski definition) is 1. The van der Waals surface area contributed by atoms with E-state index in [1.165, 1.54) is 11.8 Å². The van der Waals surface area contributed by atoms with Crippen LogP contribution in [-0.2, 0) is 4.79 Å². The zero-order chi connectivity index (χ0) is 13.2. The minimum absolute atomic E-state index is 0.0707. The topological polar surface area (TPSA) is 29.1 Å². The van der Waals surface area contributed by atoms with E-state index < -0.39 is 0 Å². The van der Waals surface area contributed by atoms with Gasteiger partial charge in [-0.25, -0.2) is 0 Å². The fraction of sp³-hybridized carbons (Fsp3) is 0. The summed E-state index contributed by atoms with van der Waals surface area (Å²) in [5, 5.41) is 3.58. The van der Waals surface area contributed by atoms with Crippen LogP contribution in [0.4, 0.5) is 5.69 Å². The van der Waals surface area contributed by atoms with E-state index in [1.807, 2.05) is 54.6 Å². The number of para-hydroxylation sites is 1. The van der Waals surface area contributed by atoms with E-state index in [9.17, 15) is 4.79 Å². The number of carbonyl (C=O) groups is 1. The summed E-state index contributed by atoms with van der Waals surface area (Å²) in [7, 11) is 0. The van der Waals surface area contributed by atoms with Gasteiger partial charge in [0.15, 0.2) is 0 Å². The van der Waals surface area contributed by atoms with Gasteiger partial charge in [0.1, 0.15) is 0 Å². The summed E-state index contributed by atoms with van der Waals surface area (Å²) in [6, 6.07) is 15.2. The highest BCUT2D eigenvalue weighted by atomic mass is 35.5. The highest BCUT2D eigenvalue weighted by molar-refractivity contribution is 8.04. The Morgan fingerprint density at radius 2 is 1.79 bits per heavy atom. The lowest BCUT2D eigenvalue weighted by Gasteiger charge is -2.18. The molecule has 0 aromatic heterocycles. The Labute approximate surface area is 120 Å². The van der Waals surface area contributed by atoms with Crippen LogP contribution in [-0.4, -0.2) is 5.91 Å². The molecule has 2 nitrogen and oxygen atoms in total. The van der Waals surface area contributed by atoms with Crippen LogP contribution >= 0.6 is 23.4 Å². The molecule has 0 fully saturated rings. The number of hydrogen-bond acceptors (Lipinski definition) is 2. The molecule has 0 unspecified atom stereocenters. The minimum Gasteiger partial charge on any atom is -0.320 e. The molecule has 1 N–H and O–H groups in total. The number of halogens is 1. The van der Waals surface area contributed by atoms with Crippen LogP contribution in [0.5, 0.6) is 0 Å². The van der Waals surface area contributed by atoms with Crippen LogP contribution in [0.1, 0.15) is 5.56 Å². The Hall–Kier alpha value is -1.71. The summed E-state index contributed by atoms with van der Waals surface area (Å²) in [4.78, 5) is 13.7. The molecular weight excluding hydrogens is 278 g/mol. The van der Waals surface area contributed by atoms with Crippen LogP contribution in [0.25, 0.3) is 6.08 Å². The Kier molecular flexibility index (Phi) is 3.32. The molecule has 2 aromatic carbocycles. The van der Waals surface area contributed by atoms with Gasteiger partial charge < -0.3 is 5.32 Å². The first-order valence-electron chi connectivity index (χ1n) is 5.78. The third kappa shape index (κ3) is 2.67. The first-order chi connectivity index (χ1) is 9.22. The van der Waals surface area contributed by atoms with Crippen LogP contribution in [0, 0.1) is 0 Å². The number of benzene rings is 2. The van der Waals surface area contributed by atoms with Gasteiger partial charge in [0.05, 0.1) is 10.6 Å². The molecule has 1 aliphatic heterocycles. The molecule has 1 aliphatic rings. The third-order valence-corrected chi connectivity index (χ3v) is 4.10. The average Bonchev–Trinajstić information content (AvgIpc) is 2.42. The largest absolute Gasteiger partial charge is 0.320 e. The predicted octanol–water partition coefficient (Wildman–Crippen LogP) is 4.43. The van der Waals surface area contributed by atoms with Crippen molar-refractivity contribution >= 4 is 41.0 Å². The van der Waals surface area contributed by atoms with E-state index in [-0.39, 0.29) is 5.91 Å². The van der Waals surface area contributed by atoms with E-state index in [0.29, 0.717) is 9.93 Å². The fourth-order valence-corrected chi connectivity index (χ4v) is 2.89. The molecular formula is C15H10ClNOS. The third-order valence-electron chi connectivity index (χ3n) is 2.75. The summed E-state index contributed by atoms with van der Waals surface area (Å²) in [5.41, 5.74) is 1.83. The molecule has 0 atom stereocenters. The molecule has 0 aliphatic carbocycles. The number of amides is 1. The molecule has 4 heteroatoms. The van der Waals surface area contributed by atoms with Crippen molar-refractivity contribution in [2.45, 2.75) is 4.90 Å². The lowest BCUT2D eigenvalue weighted by molar-refractivity contribution is -0.112. The lowest BCUT2D eigenvalue weighted by Crippen LogP contribution is -2.16. The minimum atomic E-state index is -0.0707. The molecule has 0 saturated carbocycles. The summed E-state index contributed by atoms with van der Waals surface area (Å²) < 4.78 is 0. The standard InChI is InChI=1S/C15H10ClNOS/c16-11-7-5-10(6-8-11)9-14-15(18)17-12-3-1-2-4-13(12)19-14/h1-9H,(H,17,18)/b14-9+. The van der Waals surface area contributed by atoms with Crippen LogP contribution in [0.2, 0.25) is 5.02 Å². The molecule has 0 bridgehead atoms. The summed E-state index contributed by atoms with van der Waals surface area (Å²) in [5.74, 6) is -0.0707. The van der Waals surface area contributed by atoms with Gasteiger partial charge in [-0.2, -0.15) is 0 Å². The number of thioether (sulfide) groups is 1. The van der Waals surface area contributed by atoms with Crippen molar-refractivity contribution in [2.24, 2.45) is 0 Å². The monoisotopic (exact) mass is 287 g/mol. The smallest absolute Gasteiger partial charge is 0.262 e. The van der Waals surface area contributed by atoms with Gasteiger partial charge in [0, 0.05) is 9.92 Å². The number of nitrogens with one attached hydrogen (secondary N) is 1. The van der Waals surface area contributed by atoms with Gasteiger partial charge in [0.2, 0.25) is 0 Å². The van der Waals surface area contributed by atoms with Crippen LogP contribution in [0.15, 0.2) is 58.3 Å². The van der Waals surface area contributed by atoms with Crippen LogP contribution < -0.4 is 5.32 Å². The van der Waals surface area contributed by atoms with Crippen LogP contribution in [0.3, 0.4) is 0 Å². The molecule has 1 heterocycles. The maximum Gasteiger partial charge on any atom is 0.262 e. The van der Waals surface area contributed by atoms with Crippen molar-refractivity contribution in [3.63, 3.8) is 0 Å². The highest BCUT2D eigenvalue weighted by Gasteiger charge is 2.20. The second-order valence-corrected chi connectivity index (χ2v) is 5.63. The molecule has 3 rings (SSSR count). The predicted molar refractivity (Wildman–Crippen MR) is 80.4 cm³/mol. The Morgan fingerprint density at radius 3 is 2.58 bits per heavy atom. The van der Waals surface area contributed by atoms with Crippen molar-refractivity contribution in [3.05, 3.63) is 64.0 Å². The number of anilines is 1. The SMILES string of the molecule is O=C1Nc2ccccc2S/C1=C/c1ccc(Cl)cc1. The van der Waals surface area contributed by atoms with E-state index in [4.69, 9.17) is 11.6 Å². The van der Waals surface area contributed by atoms with Gasteiger partial charge in [-0.05, 0) is 35.9 Å². The van der Waals surface area contributed by atoms with Gasteiger partial charge in [-0.1, -0.05) is 47.6 Å². The highest BCUT2D eigenvalue weighted by Crippen LogP contribution is 2.38. The summed E-state index contributed by atoms with van der Waals surface area (Å²) in [6.45, 7) is 0. The molecule has 94 valence electrons. The lowest BCUT2D eigenvalue weighted by atomic mass is 10.2. The average molecular weight is 288 g/mol. The first-order valence-corrected chi connectivity index (χ1v) is 6.97. The first kappa shape index (κ1) is 12.3. The zero-order valence-electron chi connectivity index (χ0n) is 9.89.